The minimum absolute atomic E-state index is 0.0352. The van der Waals surface area contributed by atoms with E-state index in [4.69, 9.17) is 10.2 Å². The van der Waals surface area contributed by atoms with Crippen LogP contribution in [0.2, 0.25) is 0 Å². The van der Waals surface area contributed by atoms with Crippen LogP contribution >= 0.6 is 15.9 Å². The Morgan fingerprint density at radius 2 is 1.88 bits per heavy atom. The lowest BCUT2D eigenvalue weighted by atomic mass is 10.1. The molecule has 2 rings (SSSR count). The van der Waals surface area contributed by atoms with Crippen molar-refractivity contribution in [2.45, 2.75) is 13.0 Å². The van der Waals surface area contributed by atoms with Crippen molar-refractivity contribution in [2.75, 3.05) is 0 Å². The molecule has 0 radical (unpaired) electrons. The van der Waals surface area contributed by atoms with Gasteiger partial charge in [0.25, 0.3) is 0 Å². The summed E-state index contributed by atoms with van der Waals surface area (Å²) in [6.07, 6.45) is 0.338. The molecule has 0 spiro atoms. The zero-order valence-electron chi connectivity index (χ0n) is 9.15. The number of rotatable bonds is 4. The second-order valence-electron chi connectivity index (χ2n) is 3.70. The van der Waals surface area contributed by atoms with Crippen molar-refractivity contribution in [1.82, 2.24) is 0 Å². The van der Waals surface area contributed by atoms with Crippen molar-refractivity contribution >= 4 is 21.7 Å². The normalized spacial score (nSPS) is 10.5. The van der Waals surface area contributed by atoms with E-state index in [1.54, 1.807) is 12.1 Å². The Hall–Kier alpha value is -1.39. The highest BCUT2D eigenvalue weighted by Crippen LogP contribution is 2.14. The first-order valence-electron chi connectivity index (χ1n) is 5.25. The fourth-order valence-corrected chi connectivity index (χ4v) is 1.78. The lowest BCUT2D eigenvalue weighted by Gasteiger charge is -1.99. The highest BCUT2D eigenvalue weighted by Gasteiger charge is 2.11. The quantitative estimate of drug-likeness (QED) is 0.882. The van der Waals surface area contributed by atoms with E-state index in [2.05, 4.69) is 15.9 Å². The first kappa shape index (κ1) is 12.1. The van der Waals surface area contributed by atoms with Crippen LogP contribution in [-0.4, -0.2) is 5.78 Å². The van der Waals surface area contributed by atoms with Crippen LogP contribution in [0.5, 0.6) is 0 Å². The largest absolute Gasteiger partial charge is 0.457 e. The van der Waals surface area contributed by atoms with E-state index >= 15 is 0 Å². The molecule has 0 bridgehead atoms. The molecule has 0 saturated carbocycles. The Kier molecular flexibility index (Phi) is 3.76. The summed E-state index contributed by atoms with van der Waals surface area (Å²) in [5.74, 6) is 0.963. The molecule has 88 valence electrons. The summed E-state index contributed by atoms with van der Waals surface area (Å²) in [6, 6.07) is 11.0. The van der Waals surface area contributed by atoms with E-state index in [0.29, 0.717) is 24.5 Å². The highest BCUT2D eigenvalue weighted by atomic mass is 79.9. The van der Waals surface area contributed by atoms with Gasteiger partial charge in [-0.3, -0.25) is 4.79 Å². The van der Waals surface area contributed by atoms with Gasteiger partial charge in [0.2, 0.25) is 5.78 Å². The van der Waals surface area contributed by atoms with Crippen LogP contribution in [-0.2, 0) is 13.0 Å². The zero-order chi connectivity index (χ0) is 12.3. The molecule has 2 N–H and O–H groups in total. The first-order valence-corrected chi connectivity index (χ1v) is 6.05. The summed E-state index contributed by atoms with van der Waals surface area (Å²) in [7, 11) is 0. The molecular weight excluding hydrogens is 282 g/mol. The number of nitrogens with two attached hydrogens (primary N) is 1. The average Bonchev–Trinajstić information content (AvgIpc) is 2.81. The summed E-state index contributed by atoms with van der Waals surface area (Å²) in [6.45, 7) is 0.311. The number of hydrogen-bond donors (Lipinski definition) is 1. The maximum Gasteiger partial charge on any atom is 0.202 e. The molecule has 17 heavy (non-hydrogen) atoms. The summed E-state index contributed by atoms with van der Waals surface area (Å²) in [4.78, 5) is 11.9. The van der Waals surface area contributed by atoms with Gasteiger partial charge in [0.05, 0.1) is 6.54 Å². The van der Waals surface area contributed by atoms with E-state index in [1.165, 1.54) is 0 Å². The fourth-order valence-electron chi connectivity index (χ4n) is 1.51. The van der Waals surface area contributed by atoms with Gasteiger partial charge >= 0.3 is 0 Å². The van der Waals surface area contributed by atoms with Gasteiger partial charge in [-0.15, -0.1) is 0 Å². The molecule has 1 aromatic carbocycles. The van der Waals surface area contributed by atoms with Crippen LogP contribution in [0, 0.1) is 0 Å². The third-order valence-corrected chi connectivity index (χ3v) is 2.94. The summed E-state index contributed by atoms with van der Waals surface area (Å²) < 4.78 is 6.30. The third-order valence-electron chi connectivity index (χ3n) is 2.42. The molecule has 0 aliphatic heterocycles. The van der Waals surface area contributed by atoms with Crippen LogP contribution in [0.4, 0.5) is 0 Å². The number of ketones is 1. The van der Waals surface area contributed by atoms with Gasteiger partial charge in [-0.05, 0) is 29.8 Å². The van der Waals surface area contributed by atoms with Crippen molar-refractivity contribution in [3.63, 3.8) is 0 Å². The molecule has 1 aromatic heterocycles. The number of carbonyl (C=O) groups excluding carboxylic acids is 1. The lowest BCUT2D eigenvalue weighted by Crippen LogP contribution is -2.02. The predicted octanol–water partition coefficient (Wildman–Crippen LogP) is 2.93. The number of halogens is 1. The minimum atomic E-state index is -0.0352. The first-order chi connectivity index (χ1) is 8.19. The topological polar surface area (TPSA) is 56.2 Å². The molecule has 0 saturated heterocycles. The van der Waals surface area contributed by atoms with Gasteiger partial charge < -0.3 is 10.2 Å². The molecule has 3 nitrogen and oxygen atoms in total. The average molecular weight is 294 g/mol. The maximum atomic E-state index is 11.9. The SMILES string of the molecule is NCc1ccc(C(=O)Cc2ccc(Br)cc2)o1. The Morgan fingerprint density at radius 1 is 1.18 bits per heavy atom. The lowest BCUT2D eigenvalue weighted by molar-refractivity contribution is 0.0964. The van der Waals surface area contributed by atoms with E-state index in [1.807, 2.05) is 24.3 Å². The second kappa shape index (κ2) is 5.29. The molecule has 0 aliphatic carbocycles. The van der Waals surface area contributed by atoms with Crippen LogP contribution in [0.3, 0.4) is 0 Å². The smallest absolute Gasteiger partial charge is 0.202 e. The van der Waals surface area contributed by atoms with Gasteiger partial charge in [0.1, 0.15) is 5.76 Å². The number of furan rings is 1. The molecular formula is C13H12BrNO2. The predicted molar refractivity (Wildman–Crippen MR) is 68.8 cm³/mol. The Labute approximate surface area is 108 Å². The monoisotopic (exact) mass is 293 g/mol. The molecule has 0 amide bonds. The Morgan fingerprint density at radius 3 is 2.47 bits per heavy atom. The summed E-state index contributed by atoms with van der Waals surface area (Å²) >= 11 is 3.35. The van der Waals surface area contributed by atoms with E-state index in [9.17, 15) is 4.79 Å². The Balaban J connectivity index is 2.08. The molecule has 0 atom stereocenters. The molecule has 2 aromatic rings. The maximum absolute atomic E-state index is 11.9. The number of Topliss-reactive ketones (excluding diaryl/α,β-unsaturated/α-hetero) is 1. The van der Waals surface area contributed by atoms with Gasteiger partial charge in [0.15, 0.2) is 5.76 Å². The number of hydrogen-bond acceptors (Lipinski definition) is 3. The summed E-state index contributed by atoms with van der Waals surface area (Å²) in [5, 5.41) is 0. The van der Waals surface area contributed by atoms with E-state index in [-0.39, 0.29) is 5.78 Å². The van der Waals surface area contributed by atoms with Crippen LogP contribution < -0.4 is 5.73 Å². The van der Waals surface area contributed by atoms with Gasteiger partial charge in [0, 0.05) is 10.9 Å². The Bertz CT molecular complexity index is 516. The second-order valence-corrected chi connectivity index (χ2v) is 4.61. The summed E-state index contributed by atoms with van der Waals surface area (Å²) in [5.41, 5.74) is 6.38. The molecule has 4 heteroatoms. The van der Waals surface area contributed by atoms with Crippen molar-refractivity contribution in [3.8, 4) is 0 Å². The van der Waals surface area contributed by atoms with Crippen molar-refractivity contribution in [3.05, 3.63) is 58.0 Å². The minimum Gasteiger partial charge on any atom is -0.457 e. The van der Waals surface area contributed by atoms with Crippen LogP contribution in [0.1, 0.15) is 21.9 Å². The zero-order valence-corrected chi connectivity index (χ0v) is 10.7. The third kappa shape index (κ3) is 3.05. The van der Waals surface area contributed by atoms with Gasteiger partial charge in [-0.1, -0.05) is 28.1 Å². The van der Waals surface area contributed by atoms with Crippen molar-refractivity contribution in [1.29, 1.82) is 0 Å². The highest BCUT2D eigenvalue weighted by molar-refractivity contribution is 9.10. The molecule has 1 heterocycles. The molecule has 0 aliphatic rings. The van der Waals surface area contributed by atoms with Crippen molar-refractivity contribution in [2.24, 2.45) is 5.73 Å². The fraction of sp³-hybridized carbons (Fsp3) is 0.154. The van der Waals surface area contributed by atoms with E-state index < -0.39 is 0 Å². The number of benzene rings is 1. The van der Waals surface area contributed by atoms with Gasteiger partial charge in [-0.25, -0.2) is 0 Å². The van der Waals surface area contributed by atoms with Crippen LogP contribution in [0.25, 0.3) is 0 Å². The molecule has 0 fully saturated rings. The standard InChI is InChI=1S/C13H12BrNO2/c14-10-3-1-9(2-4-10)7-12(16)13-6-5-11(8-15)17-13/h1-6H,7-8,15H2. The van der Waals surface area contributed by atoms with Gasteiger partial charge in [-0.2, -0.15) is 0 Å². The molecule has 0 unspecified atom stereocenters. The van der Waals surface area contributed by atoms with Crippen molar-refractivity contribution < 1.29 is 9.21 Å². The van der Waals surface area contributed by atoms with E-state index in [0.717, 1.165) is 10.0 Å². The number of carbonyl (C=O) groups is 1. The van der Waals surface area contributed by atoms with Crippen LogP contribution in [0.15, 0.2) is 45.3 Å².